The van der Waals surface area contributed by atoms with E-state index in [1.807, 2.05) is 4.90 Å². The topological polar surface area (TPSA) is 81.6 Å². The van der Waals surface area contributed by atoms with Crippen molar-refractivity contribution in [1.29, 1.82) is 0 Å². The van der Waals surface area contributed by atoms with Gasteiger partial charge in [-0.2, -0.15) is 8.42 Å². The highest BCUT2D eigenvalue weighted by Crippen LogP contribution is 2.16. The maximum atomic E-state index is 11.0. The molecule has 9 heteroatoms. The number of hydrogen-bond acceptors (Lipinski definition) is 7. The number of hydrogen-bond donors (Lipinski definition) is 0. The zero-order valence-electron chi connectivity index (χ0n) is 10.4. The molecule has 2 rings (SSSR count). The first-order valence-corrected chi connectivity index (χ1v) is 7.84. The Hall–Kier alpha value is -0.960. The van der Waals surface area contributed by atoms with Crippen molar-refractivity contribution >= 4 is 27.7 Å². The van der Waals surface area contributed by atoms with Gasteiger partial charge in [0.15, 0.2) is 0 Å². The van der Waals surface area contributed by atoms with Gasteiger partial charge in [-0.3, -0.25) is 4.18 Å². The molecule has 1 fully saturated rings. The van der Waals surface area contributed by atoms with Crippen LogP contribution < -0.4 is 4.90 Å². The third kappa shape index (κ3) is 4.57. The molecule has 0 aliphatic carbocycles. The van der Waals surface area contributed by atoms with E-state index in [9.17, 15) is 8.42 Å². The third-order valence-electron chi connectivity index (χ3n) is 2.45. The summed E-state index contributed by atoms with van der Waals surface area (Å²) in [4.78, 5) is 10.3. The monoisotopic (exact) mass is 307 g/mol. The average Bonchev–Trinajstić information content (AvgIpc) is 2.36. The molecule has 1 aromatic rings. The van der Waals surface area contributed by atoms with Crippen molar-refractivity contribution in [3.8, 4) is 0 Å². The van der Waals surface area contributed by atoms with Crippen LogP contribution in [0, 0.1) is 0 Å². The van der Waals surface area contributed by atoms with Gasteiger partial charge in [-0.1, -0.05) is 11.6 Å². The summed E-state index contributed by atoms with van der Waals surface area (Å²) >= 11 is 5.91. The highest BCUT2D eigenvalue weighted by molar-refractivity contribution is 7.85. The predicted molar refractivity (Wildman–Crippen MR) is 69.7 cm³/mol. The first-order chi connectivity index (χ1) is 8.94. The summed E-state index contributed by atoms with van der Waals surface area (Å²) < 4.78 is 31.8. The summed E-state index contributed by atoms with van der Waals surface area (Å²) in [6.45, 7) is 2.40. The molecule has 1 aliphatic heterocycles. The van der Waals surface area contributed by atoms with Crippen molar-refractivity contribution in [1.82, 2.24) is 9.97 Å². The first-order valence-electron chi connectivity index (χ1n) is 5.64. The molecule has 1 saturated heterocycles. The maximum Gasteiger partial charge on any atom is 0.264 e. The van der Waals surface area contributed by atoms with Gasteiger partial charge in [-0.25, -0.2) is 9.97 Å². The van der Waals surface area contributed by atoms with Crippen LogP contribution in [0.3, 0.4) is 0 Å². The van der Waals surface area contributed by atoms with Crippen molar-refractivity contribution in [3.05, 3.63) is 16.9 Å². The summed E-state index contributed by atoms with van der Waals surface area (Å²) in [5.74, 6) is 0.461. The Balaban J connectivity index is 2.14. The van der Waals surface area contributed by atoms with Gasteiger partial charge in [0.05, 0.1) is 25.2 Å². The van der Waals surface area contributed by atoms with E-state index >= 15 is 0 Å². The molecule has 0 unspecified atom stereocenters. The minimum Gasteiger partial charge on any atom is -0.378 e. The summed E-state index contributed by atoms with van der Waals surface area (Å²) in [6.07, 6.45) is 0.985. The van der Waals surface area contributed by atoms with Crippen LogP contribution in [-0.2, 0) is 25.6 Å². The molecular weight excluding hydrogens is 294 g/mol. The molecule has 7 nitrogen and oxygen atoms in total. The van der Waals surface area contributed by atoms with Crippen LogP contribution in [0.15, 0.2) is 6.07 Å². The standard InChI is InChI=1S/C10H14ClN3O4S/c1-19(15,16)18-7-8-6-9(11)13-10(12-8)14-2-4-17-5-3-14/h6H,2-5,7H2,1H3. The first kappa shape index (κ1) is 14.4. The lowest BCUT2D eigenvalue weighted by atomic mass is 10.4. The molecule has 19 heavy (non-hydrogen) atoms. The molecule has 106 valence electrons. The number of halogens is 1. The zero-order valence-corrected chi connectivity index (χ0v) is 11.9. The molecule has 1 aliphatic rings. The zero-order chi connectivity index (χ0) is 13.9. The highest BCUT2D eigenvalue weighted by atomic mass is 35.5. The Morgan fingerprint density at radius 1 is 1.42 bits per heavy atom. The molecule has 0 aromatic carbocycles. The Morgan fingerprint density at radius 3 is 2.74 bits per heavy atom. The number of aromatic nitrogens is 2. The van der Waals surface area contributed by atoms with Gasteiger partial charge in [0.25, 0.3) is 10.1 Å². The molecule has 1 aromatic heterocycles. The fourth-order valence-corrected chi connectivity index (χ4v) is 2.13. The summed E-state index contributed by atoms with van der Waals surface area (Å²) in [6, 6.07) is 1.48. The molecule has 0 bridgehead atoms. The maximum absolute atomic E-state index is 11.0. The van der Waals surface area contributed by atoms with E-state index in [-0.39, 0.29) is 11.8 Å². The van der Waals surface area contributed by atoms with E-state index in [1.54, 1.807) is 0 Å². The largest absolute Gasteiger partial charge is 0.378 e. The summed E-state index contributed by atoms with van der Waals surface area (Å²) in [5.41, 5.74) is 0.423. The molecule has 0 atom stereocenters. The number of morpholine rings is 1. The lowest BCUT2D eigenvalue weighted by Gasteiger charge is -2.27. The van der Waals surface area contributed by atoms with Crippen molar-refractivity contribution in [2.24, 2.45) is 0 Å². The van der Waals surface area contributed by atoms with Crippen LogP contribution in [0.5, 0.6) is 0 Å². The van der Waals surface area contributed by atoms with Crippen LogP contribution in [0.25, 0.3) is 0 Å². The fourth-order valence-electron chi connectivity index (χ4n) is 1.60. The van der Waals surface area contributed by atoms with E-state index in [4.69, 9.17) is 20.5 Å². The van der Waals surface area contributed by atoms with Gasteiger partial charge >= 0.3 is 0 Å². The van der Waals surface area contributed by atoms with Crippen LogP contribution in [0.4, 0.5) is 5.95 Å². The molecule has 2 heterocycles. The van der Waals surface area contributed by atoms with Crippen LogP contribution in [-0.4, -0.2) is 50.9 Å². The van der Waals surface area contributed by atoms with Crippen molar-refractivity contribution in [3.63, 3.8) is 0 Å². The molecule has 0 radical (unpaired) electrons. The Labute approximate surface area is 116 Å². The van der Waals surface area contributed by atoms with Crippen molar-refractivity contribution in [2.45, 2.75) is 6.61 Å². The van der Waals surface area contributed by atoms with Crippen molar-refractivity contribution < 1.29 is 17.3 Å². The molecular formula is C10H14ClN3O4S. The average molecular weight is 308 g/mol. The number of rotatable bonds is 4. The SMILES string of the molecule is CS(=O)(=O)OCc1cc(Cl)nc(N2CCOCC2)n1. The van der Waals surface area contributed by atoms with E-state index in [0.29, 0.717) is 37.9 Å². The van der Waals surface area contributed by atoms with E-state index in [2.05, 4.69) is 9.97 Å². The Bertz CT molecular complexity index is 546. The van der Waals surface area contributed by atoms with E-state index < -0.39 is 10.1 Å². The Kier molecular flexibility index (Phi) is 4.56. The number of anilines is 1. The van der Waals surface area contributed by atoms with Gasteiger partial charge in [0.1, 0.15) is 11.8 Å². The van der Waals surface area contributed by atoms with Gasteiger partial charge in [-0.15, -0.1) is 0 Å². The smallest absolute Gasteiger partial charge is 0.264 e. The number of nitrogens with zero attached hydrogens (tertiary/aromatic N) is 3. The lowest BCUT2D eigenvalue weighted by molar-refractivity contribution is 0.122. The predicted octanol–water partition coefficient (Wildman–Crippen LogP) is 0.443. The normalized spacial score (nSPS) is 16.6. The summed E-state index contributed by atoms with van der Waals surface area (Å²) in [5, 5.41) is 0.253. The molecule has 0 N–H and O–H groups in total. The van der Waals surface area contributed by atoms with Crippen molar-refractivity contribution in [2.75, 3.05) is 37.5 Å². The summed E-state index contributed by atoms with van der Waals surface area (Å²) in [7, 11) is -3.51. The van der Waals surface area contributed by atoms with Gasteiger partial charge in [-0.05, 0) is 6.07 Å². The van der Waals surface area contributed by atoms with Gasteiger partial charge < -0.3 is 9.64 Å². The number of ether oxygens (including phenoxy) is 1. The highest BCUT2D eigenvalue weighted by Gasteiger charge is 2.16. The minimum atomic E-state index is -3.51. The molecule has 0 amide bonds. The minimum absolute atomic E-state index is 0.154. The quantitative estimate of drug-likeness (QED) is 0.590. The second-order valence-corrected chi connectivity index (χ2v) is 6.08. The molecule has 0 spiro atoms. The van der Waals surface area contributed by atoms with Crippen LogP contribution >= 0.6 is 11.6 Å². The second kappa shape index (κ2) is 6.00. The van der Waals surface area contributed by atoms with Crippen LogP contribution in [0.1, 0.15) is 5.69 Å². The Morgan fingerprint density at radius 2 is 2.11 bits per heavy atom. The van der Waals surface area contributed by atoms with Gasteiger partial charge in [0, 0.05) is 13.1 Å². The lowest BCUT2D eigenvalue weighted by Crippen LogP contribution is -2.37. The van der Waals surface area contributed by atoms with Crippen LogP contribution in [0.2, 0.25) is 5.15 Å². The van der Waals surface area contributed by atoms with E-state index in [1.165, 1.54) is 6.07 Å². The second-order valence-electron chi connectivity index (χ2n) is 4.05. The van der Waals surface area contributed by atoms with Gasteiger partial charge in [0.2, 0.25) is 5.95 Å². The third-order valence-corrected chi connectivity index (χ3v) is 3.19. The fraction of sp³-hybridized carbons (Fsp3) is 0.600. The van der Waals surface area contributed by atoms with E-state index in [0.717, 1.165) is 6.26 Å². The molecule has 0 saturated carbocycles.